The van der Waals surface area contributed by atoms with Gasteiger partial charge in [0.25, 0.3) is 0 Å². The number of amides is 1. The third-order valence-electron chi connectivity index (χ3n) is 6.02. The quantitative estimate of drug-likeness (QED) is 0.681. The molecule has 0 aromatic heterocycles. The highest BCUT2D eigenvalue weighted by Gasteiger charge is 2.39. The molecule has 0 saturated heterocycles. The molecule has 0 saturated carbocycles. The van der Waals surface area contributed by atoms with Gasteiger partial charge in [-0.2, -0.15) is 0 Å². The van der Waals surface area contributed by atoms with Crippen LogP contribution in [0.2, 0.25) is 0 Å². The molecule has 3 unspecified atom stereocenters. The van der Waals surface area contributed by atoms with Gasteiger partial charge < -0.3 is 10.6 Å². The van der Waals surface area contributed by atoms with Crippen LogP contribution in [0.15, 0.2) is 42.5 Å². The second-order valence-electron chi connectivity index (χ2n) is 7.99. The highest BCUT2D eigenvalue weighted by atomic mass is 16.1. The van der Waals surface area contributed by atoms with Crippen LogP contribution in [-0.4, -0.2) is 5.91 Å². The summed E-state index contributed by atoms with van der Waals surface area (Å²) < 4.78 is 0. The number of carbonyl (C=O) groups is 1. The van der Waals surface area contributed by atoms with Crippen molar-refractivity contribution < 1.29 is 4.79 Å². The maximum atomic E-state index is 11.8. The molecule has 0 radical (unpaired) electrons. The molecule has 1 aliphatic carbocycles. The van der Waals surface area contributed by atoms with Gasteiger partial charge in [0.05, 0.1) is 6.04 Å². The molecule has 2 aromatic carbocycles. The molecule has 1 amide bonds. The first-order valence-corrected chi connectivity index (χ1v) is 9.92. The average molecular weight is 361 g/mol. The number of allylic oxidation sites excluding steroid dienone is 2. The van der Waals surface area contributed by atoms with E-state index in [0.717, 1.165) is 12.1 Å². The van der Waals surface area contributed by atoms with E-state index in [1.165, 1.54) is 33.5 Å². The highest BCUT2D eigenvalue weighted by molar-refractivity contribution is 5.91. The fourth-order valence-electron chi connectivity index (χ4n) is 4.89. The number of fused-ring (bicyclic) bond motifs is 3. The van der Waals surface area contributed by atoms with E-state index in [0.29, 0.717) is 24.3 Å². The Kier molecular flexibility index (Phi) is 4.55. The van der Waals surface area contributed by atoms with Gasteiger partial charge in [-0.25, -0.2) is 0 Å². The molecule has 1 aliphatic heterocycles. The number of aryl methyl sites for hydroxylation is 3. The Balaban J connectivity index is 1.74. The van der Waals surface area contributed by atoms with E-state index in [2.05, 4.69) is 67.8 Å². The molecular weight excluding hydrogens is 332 g/mol. The minimum Gasteiger partial charge on any atom is -0.378 e. The number of hydrogen-bond donors (Lipinski definition) is 2. The van der Waals surface area contributed by atoms with Crippen molar-refractivity contribution in [3.63, 3.8) is 0 Å². The molecule has 1 heterocycles. The van der Waals surface area contributed by atoms with Crippen LogP contribution in [0.1, 0.15) is 59.5 Å². The molecule has 140 valence electrons. The summed E-state index contributed by atoms with van der Waals surface area (Å²) in [7, 11) is 0. The smallest absolute Gasteiger partial charge is 0.224 e. The second kappa shape index (κ2) is 6.88. The van der Waals surface area contributed by atoms with Gasteiger partial charge in [-0.3, -0.25) is 4.79 Å². The van der Waals surface area contributed by atoms with Gasteiger partial charge >= 0.3 is 0 Å². The van der Waals surface area contributed by atoms with Crippen LogP contribution in [0.5, 0.6) is 0 Å². The maximum Gasteiger partial charge on any atom is 0.224 e. The summed E-state index contributed by atoms with van der Waals surface area (Å²) in [6.07, 6.45) is 6.24. The van der Waals surface area contributed by atoms with Crippen LogP contribution in [0.3, 0.4) is 0 Å². The number of anilines is 2. The van der Waals surface area contributed by atoms with Crippen molar-refractivity contribution in [1.29, 1.82) is 0 Å². The largest absolute Gasteiger partial charge is 0.378 e. The molecule has 0 spiro atoms. The zero-order chi connectivity index (χ0) is 19.1. The Labute approximate surface area is 161 Å². The topological polar surface area (TPSA) is 41.1 Å². The van der Waals surface area contributed by atoms with Crippen molar-refractivity contribution in [1.82, 2.24) is 0 Å². The van der Waals surface area contributed by atoms with E-state index in [1.54, 1.807) is 0 Å². The maximum absolute atomic E-state index is 11.8. The molecular formula is C24H28N2O. The second-order valence-corrected chi connectivity index (χ2v) is 7.99. The number of carbonyl (C=O) groups excluding carboxylic acids is 1. The van der Waals surface area contributed by atoms with Crippen molar-refractivity contribution >= 4 is 17.3 Å². The van der Waals surface area contributed by atoms with Crippen LogP contribution < -0.4 is 10.6 Å². The lowest BCUT2D eigenvalue weighted by atomic mass is 9.75. The van der Waals surface area contributed by atoms with Crippen LogP contribution >= 0.6 is 0 Å². The molecule has 2 aliphatic rings. The first-order valence-electron chi connectivity index (χ1n) is 9.92. The molecule has 4 rings (SSSR count). The van der Waals surface area contributed by atoms with Gasteiger partial charge in [-0.05, 0) is 73.6 Å². The predicted molar refractivity (Wildman–Crippen MR) is 112 cm³/mol. The Bertz CT molecular complexity index is 905. The zero-order valence-corrected chi connectivity index (χ0v) is 16.6. The van der Waals surface area contributed by atoms with Crippen molar-refractivity contribution in [3.05, 3.63) is 70.3 Å². The molecule has 2 aromatic rings. The molecule has 3 atom stereocenters. The van der Waals surface area contributed by atoms with Crippen molar-refractivity contribution in [2.75, 3.05) is 10.6 Å². The first kappa shape index (κ1) is 17.8. The molecule has 0 fully saturated rings. The van der Waals surface area contributed by atoms with E-state index < -0.39 is 0 Å². The van der Waals surface area contributed by atoms with Gasteiger partial charge in [0, 0.05) is 23.7 Å². The van der Waals surface area contributed by atoms with Gasteiger partial charge in [0.15, 0.2) is 0 Å². The Morgan fingerprint density at radius 1 is 1.15 bits per heavy atom. The van der Waals surface area contributed by atoms with Gasteiger partial charge in [-0.1, -0.05) is 36.8 Å². The Morgan fingerprint density at radius 3 is 2.59 bits per heavy atom. The highest BCUT2D eigenvalue weighted by Crippen LogP contribution is 2.51. The van der Waals surface area contributed by atoms with E-state index in [9.17, 15) is 4.79 Å². The summed E-state index contributed by atoms with van der Waals surface area (Å²) in [6.45, 7) is 8.50. The summed E-state index contributed by atoms with van der Waals surface area (Å²) in [5.41, 5.74) is 8.86. The predicted octanol–water partition coefficient (Wildman–Crippen LogP) is 5.79. The fraction of sp³-hybridized carbons (Fsp3) is 0.375. The SMILES string of the molecule is CCC(=O)Nc1ccc2c(c1)C1C=CCC1C(c1c(C)cc(C)cc1C)N2. The molecule has 3 nitrogen and oxygen atoms in total. The molecule has 0 bridgehead atoms. The summed E-state index contributed by atoms with van der Waals surface area (Å²) in [5.74, 6) is 0.959. The summed E-state index contributed by atoms with van der Waals surface area (Å²) in [5, 5.41) is 6.83. The lowest BCUT2D eigenvalue weighted by Crippen LogP contribution is -2.30. The molecule has 2 N–H and O–H groups in total. The number of benzene rings is 2. The molecule has 27 heavy (non-hydrogen) atoms. The van der Waals surface area contributed by atoms with Crippen LogP contribution in [0, 0.1) is 26.7 Å². The Morgan fingerprint density at radius 2 is 1.89 bits per heavy atom. The number of rotatable bonds is 3. The third-order valence-corrected chi connectivity index (χ3v) is 6.02. The zero-order valence-electron chi connectivity index (χ0n) is 16.6. The third kappa shape index (κ3) is 3.16. The Hall–Kier alpha value is -2.55. The number of hydrogen-bond acceptors (Lipinski definition) is 2. The van der Waals surface area contributed by atoms with Crippen LogP contribution in [0.25, 0.3) is 0 Å². The van der Waals surface area contributed by atoms with Crippen molar-refractivity contribution in [2.24, 2.45) is 5.92 Å². The fourth-order valence-corrected chi connectivity index (χ4v) is 4.89. The normalized spacial score (nSPS) is 22.7. The summed E-state index contributed by atoms with van der Waals surface area (Å²) in [4.78, 5) is 11.8. The van der Waals surface area contributed by atoms with Crippen molar-refractivity contribution in [2.45, 2.75) is 52.5 Å². The minimum atomic E-state index is 0.0565. The monoisotopic (exact) mass is 360 g/mol. The number of nitrogens with one attached hydrogen (secondary N) is 2. The van der Waals surface area contributed by atoms with Crippen molar-refractivity contribution in [3.8, 4) is 0 Å². The first-order chi connectivity index (χ1) is 13.0. The summed E-state index contributed by atoms with van der Waals surface area (Å²) in [6, 6.07) is 11.2. The standard InChI is InChI=1S/C24H28N2O/c1-5-22(27)25-17-9-10-21-20(13-17)18-7-6-8-19(18)24(26-21)23-15(3)11-14(2)12-16(23)4/h6-7,9-13,18-19,24,26H,5,8H2,1-4H3,(H,25,27). The summed E-state index contributed by atoms with van der Waals surface area (Å²) >= 11 is 0. The lowest BCUT2D eigenvalue weighted by molar-refractivity contribution is -0.115. The van der Waals surface area contributed by atoms with Gasteiger partial charge in [0.1, 0.15) is 0 Å². The lowest BCUT2D eigenvalue weighted by Gasteiger charge is -2.39. The van der Waals surface area contributed by atoms with Crippen LogP contribution in [0.4, 0.5) is 11.4 Å². The van der Waals surface area contributed by atoms with Gasteiger partial charge in [-0.15, -0.1) is 0 Å². The van der Waals surface area contributed by atoms with E-state index in [-0.39, 0.29) is 5.91 Å². The van der Waals surface area contributed by atoms with E-state index >= 15 is 0 Å². The van der Waals surface area contributed by atoms with Gasteiger partial charge in [0.2, 0.25) is 5.91 Å². The van der Waals surface area contributed by atoms with Crippen LogP contribution in [-0.2, 0) is 4.79 Å². The van der Waals surface area contributed by atoms with E-state index in [4.69, 9.17) is 0 Å². The van der Waals surface area contributed by atoms with E-state index in [1.807, 2.05) is 13.0 Å². The minimum absolute atomic E-state index is 0.0565. The molecule has 3 heteroatoms. The average Bonchev–Trinajstić information content (AvgIpc) is 3.11.